The van der Waals surface area contributed by atoms with Crippen LogP contribution in [0.3, 0.4) is 0 Å². The van der Waals surface area contributed by atoms with Crippen molar-refractivity contribution >= 4 is 11.9 Å². The van der Waals surface area contributed by atoms with Crippen LogP contribution in [0.15, 0.2) is 53.1 Å². The first-order valence-corrected chi connectivity index (χ1v) is 6.77. The Bertz CT molecular complexity index is 591. The predicted octanol–water partition coefficient (Wildman–Crippen LogP) is 3.04. The molecule has 0 aliphatic heterocycles. The van der Waals surface area contributed by atoms with Gasteiger partial charge in [0.05, 0.1) is 6.26 Å². The number of carbonyl (C=O) groups excluding carboxylic acids is 2. The van der Waals surface area contributed by atoms with E-state index in [1.165, 1.54) is 12.3 Å². The van der Waals surface area contributed by atoms with Crippen LogP contribution in [0.2, 0.25) is 0 Å². The summed E-state index contributed by atoms with van der Waals surface area (Å²) in [5.74, 6) is -0.421. The van der Waals surface area contributed by atoms with Gasteiger partial charge in [0.2, 0.25) is 0 Å². The van der Waals surface area contributed by atoms with Gasteiger partial charge in [-0.1, -0.05) is 30.3 Å². The Kier molecular flexibility index (Phi) is 4.77. The van der Waals surface area contributed by atoms with Gasteiger partial charge in [0.25, 0.3) is 5.91 Å². The van der Waals surface area contributed by atoms with Gasteiger partial charge in [-0.2, -0.15) is 0 Å². The molecule has 0 atom stereocenters. The van der Waals surface area contributed by atoms with Gasteiger partial charge in [0, 0.05) is 12.6 Å². The van der Waals surface area contributed by atoms with E-state index in [-0.39, 0.29) is 11.8 Å². The van der Waals surface area contributed by atoms with Crippen LogP contribution in [0.4, 0.5) is 4.79 Å². The van der Waals surface area contributed by atoms with Crippen molar-refractivity contribution in [1.29, 1.82) is 0 Å². The van der Waals surface area contributed by atoms with Gasteiger partial charge >= 0.3 is 6.03 Å². The minimum absolute atomic E-state index is 0.0328. The molecule has 1 heterocycles. The van der Waals surface area contributed by atoms with Crippen molar-refractivity contribution in [3.63, 3.8) is 0 Å². The summed E-state index contributed by atoms with van der Waals surface area (Å²) in [5.41, 5.74) is 1.01. The minimum Gasteiger partial charge on any atom is -0.459 e. The number of carbonyl (C=O) groups is 2. The van der Waals surface area contributed by atoms with E-state index < -0.39 is 11.9 Å². The van der Waals surface area contributed by atoms with Crippen LogP contribution in [0.25, 0.3) is 0 Å². The molecular weight excluding hydrogens is 268 g/mol. The van der Waals surface area contributed by atoms with Crippen LogP contribution in [-0.4, -0.2) is 22.9 Å². The van der Waals surface area contributed by atoms with E-state index in [9.17, 15) is 9.59 Å². The lowest BCUT2D eigenvalue weighted by Crippen LogP contribution is -2.45. The molecule has 110 valence electrons. The molecule has 1 aromatic heterocycles. The van der Waals surface area contributed by atoms with Crippen LogP contribution < -0.4 is 5.32 Å². The fraction of sp³-hybridized carbons (Fsp3) is 0.250. The number of amides is 3. The maximum absolute atomic E-state index is 12.2. The summed E-state index contributed by atoms with van der Waals surface area (Å²) in [6.45, 7) is 4.25. The molecule has 21 heavy (non-hydrogen) atoms. The molecule has 5 heteroatoms. The molecule has 0 spiro atoms. The van der Waals surface area contributed by atoms with Gasteiger partial charge in [-0.3, -0.25) is 10.1 Å². The van der Waals surface area contributed by atoms with Crippen LogP contribution in [0.5, 0.6) is 0 Å². The number of furan rings is 1. The van der Waals surface area contributed by atoms with E-state index in [1.807, 2.05) is 44.2 Å². The van der Waals surface area contributed by atoms with E-state index in [0.717, 1.165) is 5.56 Å². The maximum Gasteiger partial charge on any atom is 0.324 e. The van der Waals surface area contributed by atoms with Crippen molar-refractivity contribution in [2.24, 2.45) is 0 Å². The van der Waals surface area contributed by atoms with Crippen molar-refractivity contribution in [3.8, 4) is 0 Å². The molecule has 0 fully saturated rings. The Labute approximate surface area is 123 Å². The SMILES string of the molecule is CC(C)N(Cc1ccccc1)C(=O)NC(=O)c1ccco1. The Morgan fingerprint density at radius 3 is 2.43 bits per heavy atom. The van der Waals surface area contributed by atoms with Crippen molar-refractivity contribution in [2.45, 2.75) is 26.4 Å². The third-order valence-electron chi connectivity index (χ3n) is 3.05. The summed E-state index contributed by atoms with van der Waals surface area (Å²) in [4.78, 5) is 25.7. The molecule has 1 aromatic carbocycles. The van der Waals surface area contributed by atoms with E-state index in [0.29, 0.717) is 6.54 Å². The first-order chi connectivity index (χ1) is 10.1. The molecule has 0 saturated heterocycles. The number of rotatable bonds is 4. The summed E-state index contributed by atoms with van der Waals surface area (Å²) in [6.07, 6.45) is 1.39. The average molecular weight is 286 g/mol. The summed E-state index contributed by atoms with van der Waals surface area (Å²) in [7, 11) is 0. The molecule has 0 radical (unpaired) electrons. The smallest absolute Gasteiger partial charge is 0.324 e. The standard InChI is InChI=1S/C16H18N2O3/c1-12(2)18(11-13-7-4-3-5-8-13)16(20)17-15(19)14-9-6-10-21-14/h3-10,12H,11H2,1-2H3,(H,17,19,20). The Balaban J connectivity index is 2.04. The summed E-state index contributed by atoms with van der Waals surface area (Å²) in [5, 5.41) is 2.34. The second-order valence-electron chi connectivity index (χ2n) is 4.94. The third kappa shape index (κ3) is 3.95. The number of benzene rings is 1. The summed E-state index contributed by atoms with van der Waals surface area (Å²) in [6, 6.07) is 12.3. The highest BCUT2D eigenvalue weighted by molar-refractivity contribution is 6.02. The summed E-state index contributed by atoms with van der Waals surface area (Å²) >= 11 is 0. The maximum atomic E-state index is 12.2. The number of hydrogen-bond donors (Lipinski definition) is 1. The van der Waals surface area contributed by atoms with Crippen LogP contribution in [-0.2, 0) is 6.54 Å². The Morgan fingerprint density at radius 1 is 1.14 bits per heavy atom. The molecule has 2 rings (SSSR count). The van der Waals surface area contributed by atoms with Gasteiger partial charge in [-0.05, 0) is 31.5 Å². The topological polar surface area (TPSA) is 62.6 Å². The van der Waals surface area contributed by atoms with E-state index in [1.54, 1.807) is 11.0 Å². The molecule has 3 amide bonds. The second kappa shape index (κ2) is 6.74. The fourth-order valence-corrected chi connectivity index (χ4v) is 1.91. The monoisotopic (exact) mass is 286 g/mol. The lowest BCUT2D eigenvalue weighted by molar-refractivity contribution is 0.0918. The largest absolute Gasteiger partial charge is 0.459 e. The number of urea groups is 1. The fourth-order valence-electron chi connectivity index (χ4n) is 1.91. The van der Waals surface area contributed by atoms with Crippen molar-refractivity contribution in [1.82, 2.24) is 10.2 Å². The van der Waals surface area contributed by atoms with Gasteiger partial charge in [0.1, 0.15) is 0 Å². The first kappa shape index (κ1) is 14.8. The zero-order valence-corrected chi connectivity index (χ0v) is 12.1. The quantitative estimate of drug-likeness (QED) is 0.939. The van der Waals surface area contributed by atoms with E-state index >= 15 is 0 Å². The molecular formula is C16H18N2O3. The molecule has 0 bridgehead atoms. The van der Waals surface area contributed by atoms with E-state index in [4.69, 9.17) is 4.42 Å². The Morgan fingerprint density at radius 2 is 1.86 bits per heavy atom. The van der Waals surface area contributed by atoms with Gasteiger partial charge in [-0.25, -0.2) is 4.79 Å². The third-order valence-corrected chi connectivity index (χ3v) is 3.05. The van der Waals surface area contributed by atoms with Crippen LogP contribution in [0.1, 0.15) is 30.0 Å². The van der Waals surface area contributed by atoms with Gasteiger partial charge < -0.3 is 9.32 Å². The molecule has 0 unspecified atom stereocenters. The van der Waals surface area contributed by atoms with Gasteiger partial charge in [0.15, 0.2) is 5.76 Å². The summed E-state index contributed by atoms with van der Waals surface area (Å²) < 4.78 is 4.97. The van der Waals surface area contributed by atoms with Crippen LogP contribution in [0, 0.1) is 0 Å². The number of imide groups is 1. The van der Waals surface area contributed by atoms with E-state index in [2.05, 4.69) is 5.32 Å². The zero-order chi connectivity index (χ0) is 15.2. The highest BCUT2D eigenvalue weighted by Crippen LogP contribution is 2.09. The number of nitrogens with zero attached hydrogens (tertiary/aromatic N) is 1. The predicted molar refractivity (Wildman–Crippen MR) is 78.7 cm³/mol. The molecule has 0 saturated carbocycles. The van der Waals surface area contributed by atoms with Crippen LogP contribution >= 0.6 is 0 Å². The lowest BCUT2D eigenvalue weighted by Gasteiger charge is -2.26. The molecule has 0 aliphatic carbocycles. The minimum atomic E-state index is -0.538. The van der Waals surface area contributed by atoms with Gasteiger partial charge in [-0.15, -0.1) is 0 Å². The van der Waals surface area contributed by atoms with Crippen molar-refractivity contribution in [3.05, 3.63) is 60.1 Å². The van der Waals surface area contributed by atoms with Crippen molar-refractivity contribution < 1.29 is 14.0 Å². The number of nitrogens with one attached hydrogen (secondary N) is 1. The molecule has 1 N–H and O–H groups in total. The highest BCUT2D eigenvalue weighted by atomic mass is 16.3. The lowest BCUT2D eigenvalue weighted by atomic mass is 10.2. The first-order valence-electron chi connectivity index (χ1n) is 6.77. The Hall–Kier alpha value is -2.56. The molecule has 5 nitrogen and oxygen atoms in total. The molecule has 0 aliphatic rings. The highest BCUT2D eigenvalue weighted by Gasteiger charge is 2.21. The molecule has 2 aromatic rings. The zero-order valence-electron chi connectivity index (χ0n) is 12.1. The normalized spacial score (nSPS) is 10.4. The second-order valence-corrected chi connectivity index (χ2v) is 4.94. The van der Waals surface area contributed by atoms with Crippen molar-refractivity contribution in [2.75, 3.05) is 0 Å². The average Bonchev–Trinajstić information content (AvgIpc) is 2.99. The number of hydrogen-bond acceptors (Lipinski definition) is 3.